The lowest BCUT2D eigenvalue weighted by molar-refractivity contribution is 0.0951. The molecule has 7 nitrogen and oxygen atoms in total. The molecule has 1 aromatic carbocycles. The monoisotopic (exact) mass is 362 g/mol. The summed E-state index contributed by atoms with van der Waals surface area (Å²) in [6, 6.07) is 8.71. The number of pyridine rings is 1. The number of nitrogens with zero attached hydrogens (tertiary/aromatic N) is 2. The molecule has 9 heteroatoms. The molecule has 0 saturated carbocycles. The van der Waals surface area contributed by atoms with Gasteiger partial charge in [-0.15, -0.1) is 0 Å². The number of thiazole rings is 1. The zero-order valence-corrected chi connectivity index (χ0v) is 14.3. The van der Waals surface area contributed by atoms with Gasteiger partial charge in [-0.1, -0.05) is 11.3 Å². The minimum atomic E-state index is -3.38. The lowest BCUT2D eigenvalue weighted by atomic mass is 10.2. The summed E-state index contributed by atoms with van der Waals surface area (Å²) in [6.45, 7) is 0.406. The Labute approximate surface area is 142 Å². The number of nitrogens with one attached hydrogen (secondary N) is 2. The summed E-state index contributed by atoms with van der Waals surface area (Å²) in [4.78, 5) is 20.4. The van der Waals surface area contributed by atoms with Crippen molar-refractivity contribution in [3.8, 4) is 0 Å². The molecule has 0 aliphatic heterocycles. The van der Waals surface area contributed by atoms with Crippen LogP contribution in [0.1, 0.15) is 15.9 Å². The molecule has 3 rings (SSSR count). The largest absolute Gasteiger partial charge is 0.348 e. The number of carbonyl (C=O) groups excluding carboxylic acids is 1. The highest BCUT2D eigenvalue weighted by molar-refractivity contribution is 7.92. The van der Waals surface area contributed by atoms with Crippen LogP contribution in [-0.2, 0) is 16.6 Å². The lowest BCUT2D eigenvalue weighted by Gasteiger charge is -2.05. The summed E-state index contributed by atoms with van der Waals surface area (Å²) >= 11 is 1.18. The first kappa shape index (κ1) is 16.3. The number of anilines is 1. The molecule has 0 unspecified atom stereocenters. The standard InChI is InChI=1S/C15H14N4O3S2/c1-24(21,22)19-15-18-12-3-2-11(8-13(12)23-15)14(20)17-9-10-4-6-16-7-5-10/h2-8H,9H2,1H3,(H,17,20)(H,18,19). The van der Waals surface area contributed by atoms with Crippen molar-refractivity contribution in [1.82, 2.24) is 15.3 Å². The van der Waals surface area contributed by atoms with E-state index in [0.717, 1.165) is 16.5 Å². The van der Waals surface area contributed by atoms with E-state index in [1.165, 1.54) is 11.3 Å². The fourth-order valence-corrected chi connectivity index (χ4v) is 3.79. The molecular formula is C15H14N4O3S2. The molecule has 124 valence electrons. The molecule has 0 aliphatic rings. The molecule has 0 aliphatic carbocycles. The number of sulfonamides is 1. The summed E-state index contributed by atoms with van der Waals surface area (Å²) in [7, 11) is -3.38. The maximum atomic E-state index is 12.2. The Bertz CT molecular complexity index is 984. The SMILES string of the molecule is CS(=O)(=O)Nc1nc2ccc(C(=O)NCc3ccncc3)cc2s1. The van der Waals surface area contributed by atoms with E-state index in [-0.39, 0.29) is 11.0 Å². The average Bonchev–Trinajstić information content (AvgIpc) is 2.92. The maximum absolute atomic E-state index is 12.2. The number of benzene rings is 1. The van der Waals surface area contributed by atoms with E-state index in [1.807, 2.05) is 12.1 Å². The van der Waals surface area contributed by atoms with Gasteiger partial charge in [-0.3, -0.25) is 14.5 Å². The van der Waals surface area contributed by atoms with Crippen molar-refractivity contribution >= 4 is 42.6 Å². The molecule has 0 atom stereocenters. The Morgan fingerprint density at radius 3 is 2.67 bits per heavy atom. The zero-order chi connectivity index (χ0) is 17.2. The first-order valence-electron chi connectivity index (χ1n) is 6.96. The van der Waals surface area contributed by atoms with Crippen LogP contribution >= 0.6 is 11.3 Å². The van der Waals surface area contributed by atoms with E-state index in [4.69, 9.17) is 0 Å². The van der Waals surface area contributed by atoms with Crippen molar-refractivity contribution < 1.29 is 13.2 Å². The van der Waals surface area contributed by atoms with E-state index in [9.17, 15) is 13.2 Å². The molecular weight excluding hydrogens is 348 g/mol. The van der Waals surface area contributed by atoms with Crippen LogP contribution in [0, 0.1) is 0 Å². The Hall–Kier alpha value is -2.52. The van der Waals surface area contributed by atoms with Gasteiger partial charge >= 0.3 is 0 Å². The summed E-state index contributed by atoms with van der Waals surface area (Å²) in [6.07, 6.45) is 4.40. The maximum Gasteiger partial charge on any atom is 0.251 e. The van der Waals surface area contributed by atoms with Crippen LogP contribution in [0.4, 0.5) is 5.13 Å². The molecule has 0 spiro atoms. The topological polar surface area (TPSA) is 101 Å². The number of fused-ring (bicyclic) bond motifs is 1. The van der Waals surface area contributed by atoms with Crippen molar-refractivity contribution in [2.45, 2.75) is 6.54 Å². The smallest absolute Gasteiger partial charge is 0.251 e. The summed E-state index contributed by atoms with van der Waals surface area (Å²) in [5.41, 5.74) is 2.08. The summed E-state index contributed by atoms with van der Waals surface area (Å²) in [5.74, 6) is -0.209. The van der Waals surface area contributed by atoms with Crippen molar-refractivity contribution in [2.24, 2.45) is 0 Å². The van der Waals surface area contributed by atoms with Gasteiger partial charge in [-0.05, 0) is 35.9 Å². The normalized spacial score (nSPS) is 11.4. The first-order chi connectivity index (χ1) is 11.4. The van der Waals surface area contributed by atoms with Gasteiger partial charge in [0.2, 0.25) is 10.0 Å². The van der Waals surface area contributed by atoms with E-state index in [2.05, 4.69) is 20.0 Å². The Morgan fingerprint density at radius 1 is 1.21 bits per heavy atom. The van der Waals surface area contributed by atoms with Gasteiger partial charge in [0.1, 0.15) is 0 Å². The summed E-state index contributed by atoms with van der Waals surface area (Å²) in [5, 5.41) is 3.11. The third kappa shape index (κ3) is 4.06. The second-order valence-electron chi connectivity index (χ2n) is 5.11. The van der Waals surface area contributed by atoms with E-state index in [0.29, 0.717) is 17.6 Å². The molecule has 2 aromatic heterocycles. The Kier molecular flexibility index (Phi) is 4.45. The zero-order valence-electron chi connectivity index (χ0n) is 12.7. The number of amides is 1. The predicted molar refractivity (Wildman–Crippen MR) is 93.5 cm³/mol. The minimum Gasteiger partial charge on any atom is -0.348 e. The van der Waals surface area contributed by atoms with Gasteiger partial charge in [0.25, 0.3) is 5.91 Å². The van der Waals surface area contributed by atoms with E-state index in [1.54, 1.807) is 30.6 Å². The van der Waals surface area contributed by atoms with Crippen molar-refractivity contribution in [2.75, 3.05) is 11.0 Å². The summed E-state index contributed by atoms with van der Waals surface area (Å²) < 4.78 is 25.6. The van der Waals surface area contributed by atoms with Gasteiger partial charge < -0.3 is 5.32 Å². The highest BCUT2D eigenvalue weighted by atomic mass is 32.2. The number of aromatic nitrogens is 2. The third-order valence-electron chi connectivity index (χ3n) is 3.13. The predicted octanol–water partition coefficient (Wildman–Crippen LogP) is 1.99. The Morgan fingerprint density at radius 2 is 1.96 bits per heavy atom. The third-order valence-corrected chi connectivity index (χ3v) is 4.75. The molecule has 2 heterocycles. The lowest BCUT2D eigenvalue weighted by Crippen LogP contribution is -2.22. The Balaban J connectivity index is 1.76. The van der Waals surface area contributed by atoms with Crippen LogP contribution in [-0.4, -0.2) is 30.5 Å². The van der Waals surface area contributed by atoms with Crippen LogP contribution in [0.2, 0.25) is 0 Å². The molecule has 1 amide bonds. The number of carbonyl (C=O) groups is 1. The van der Waals surface area contributed by atoms with Crippen LogP contribution in [0.15, 0.2) is 42.7 Å². The quantitative estimate of drug-likeness (QED) is 0.723. The number of hydrogen-bond acceptors (Lipinski definition) is 6. The van der Waals surface area contributed by atoms with E-state index >= 15 is 0 Å². The van der Waals surface area contributed by atoms with Gasteiger partial charge in [0.15, 0.2) is 5.13 Å². The minimum absolute atomic E-state index is 0.209. The van der Waals surface area contributed by atoms with Crippen molar-refractivity contribution in [3.63, 3.8) is 0 Å². The van der Waals surface area contributed by atoms with Crippen LogP contribution in [0.3, 0.4) is 0 Å². The van der Waals surface area contributed by atoms with Crippen LogP contribution < -0.4 is 10.0 Å². The molecule has 0 radical (unpaired) electrons. The molecule has 0 saturated heterocycles. The van der Waals surface area contributed by atoms with Gasteiger partial charge in [0.05, 0.1) is 16.5 Å². The highest BCUT2D eigenvalue weighted by Gasteiger charge is 2.11. The van der Waals surface area contributed by atoms with E-state index < -0.39 is 10.0 Å². The molecule has 3 aromatic rings. The molecule has 0 fully saturated rings. The number of rotatable bonds is 5. The molecule has 0 bridgehead atoms. The second kappa shape index (κ2) is 6.54. The number of hydrogen-bond donors (Lipinski definition) is 2. The van der Waals surface area contributed by atoms with Gasteiger partial charge in [-0.25, -0.2) is 13.4 Å². The van der Waals surface area contributed by atoms with Crippen molar-refractivity contribution in [3.05, 3.63) is 53.9 Å². The average molecular weight is 362 g/mol. The fraction of sp³-hybridized carbons (Fsp3) is 0.133. The van der Waals surface area contributed by atoms with Gasteiger partial charge in [-0.2, -0.15) is 0 Å². The fourth-order valence-electron chi connectivity index (χ4n) is 2.05. The molecule has 24 heavy (non-hydrogen) atoms. The van der Waals surface area contributed by atoms with Crippen LogP contribution in [0.25, 0.3) is 10.2 Å². The second-order valence-corrected chi connectivity index (χ2v) is 7.89. The van der Waals surface area contributed by atoms with Crippen molar-refractivity contribution in [1.29, 1.82) is 0 Å². The molecule has 2 N–H and O–H groups in total. The first-order valence-corrected chi connectivity index (χ1v) is 9.67. The highest BCUT2D eigenvalue weighted by Crippen LogP contribution is 2.27. The van der Waals surface area contributed by atoms with Crippen LogP contribution in [0.5, 0.6) is 0 Å². The van der Waals surface area contributed by atoms with Gasteiger partial charge in [0, 0.05) is 24.5 Å².